The Morgan fingerprint density at radius 2 is 1.75 bits per heavy atom. The van der Waals surface area contributed by atoms with Crippen molar-refractivity contribution in [1.82, 2.24) is 30.1 Å². The van der Waals surface area contributed by atoms with Crippen molar-refractivity contribution >= 4 is 11.3 Å². The SMILES string of the molecule is c1cc(-c2scc(-c3ncc[nH]3)c2-c2ncc[nH]2)[nH]n1. The smallest absolute Gasteiger partial charge is 0.139 e. The minimum absolute atomic E-state index is 0.822. The molecule has 98 valence electrons. The summed E-state index contributed by atoms with van der Waals surface area (Å²) in [5, 5.41) is 9.10. The van der Waals surface area contributed by atoms with E-state index in [2.05, 4.69) is 35.5 Å². The predicted octanol–water partition coefficient (Wildman–Crippen LogP) is 2.92. The first kappa shape index (κ1) is 11.2. The molecular formula is C13H10N6S. The van der Waals surface area contributed by atoms with Gasteiger partial charge in [-0.1, -0.05) is 0 Å². The summed E-state index contributed by atoms with van der Waals surface area (Å²) in [6, 6.07) is 1.95. The Hall–Kier alpha value is -2.67. The highest BCUT2D eigenvalue weighted by Gasteiger charge is 2.20. The molecule has 0 saturated carbocycles. The molecule has 7 heteroatoms. The van der Waals surface area contributed by atoms with Crippen LogP contribution in [0.25, 0.3) is 33.3 Å². The number of imidazole rings is 2. The molecular weight excluding hydrogens is 272 g/mol. The number of thiophene rings is 1. The van der Waals surface area contributed by atoms with Gasteiger partial charge in [0.1, 0.15) is 11.6 Å². The molecule has 0 aliphatic rings. The molecule has 4 aromatic rings. The molecule has 20 heavy (non-hydrogen) atoms. The van der Waals surface area contributed by atoms with Crippen LogP contribution < -0.4 is 0 Å². The van der Waals surface area contributed by atoms with Crippen molar-refractivity contribution in [3.8, 4) is 33.3 Å². The van der Waals surface area contributed by atoms with E-state index in [0.29, 0.717) is 0 Å². The molecule has 0 aromatic carbocycles. The Balaban J connectivity index is 1.98. The fraction of sp³-hybridized carbons (Fsp3) is 0. The van der Waals surface area contributed by atoms with Gasteiger partial charge in [-0.2, -0.15) is 5.10 Å². The van der Waals surface area contributed by atoms with Crippen LogP contribution in [0.1, 0.15) is 0 Å². The highest BCUT2D eigenvalue weighted by atomic mass is 32.1. The number of hydrogen-bond donors (Lipinski definition) is 3. The molecule has 0 fully saturated rings. The lowest BCUT2D eigenvalue weighted by Crippen LogP contribution is -1.87. The minimum Gasteiger partial charge on any atom is -0.345 e. The highest BCUT2D eigenvalue weighted by Crippen LogP contribution is 2.41. The third-order valence-corrected chi connectivity index (χ3v) is 4.04. The molecule has 0 unspecified atom stereocenters. The molecule has 0 saturated heterocycles. The molecule has 0 amide bonds. The number of nitrogens with zero attached hydrogens (tertiary/aromatic N) is 3. The van der Waals surface area contributed by atoms with Gasteiger partial charge < -0.3 is 9.97 Å². The maximum absolute atomic E-state index is 4.37. The summed E-state index contributed by atoms with van der Waals surface area (Å²) in [6.07, 6.45) is 8.86. The summed E-state index contributed by atoms with van der Waals surface area (Å²) in [7, 11) is 0. The van der Waals surface area contributed by atoms with Crippen molar-refractivity contribution in [2.45, 2.75) is 0 Å². The summed E-state index contributed by atoms with van der Waals surface area (Å²) in [4.78, 5) is 16.1. The van der Waals surface area contributed by atoms with Crippen LogP contribution in [-0.2, 0) is 0 Å². The average molecular weight is 282 g/mol. The molecule has 0 bridgehead atoms. The largest absolute Gasteiger partial charge is 0.345 e. The summed E-state index contributed by atoms with van der Waals surface area (Å²) < 4.78 is 0. The lowest BCUT2D eigenvalue weighted by atomic mass is 10.1. The predicted molar refractivity (Wildman–Crippen MR) is 77.1 cm³/mol. The number of nitrogens with one attached hydrogen (secondary N) is 3. The highest BCUT2D eigenvalue weighted by molar-refractivity contribution is 7.14. The molecule has 4 rings (SSSR count). The number of aromatic amines is 3. The van der Waals surface area contributed by atoms with Crippen LogP contribution in [-0.4, -0.2) is 30.1 Å². The third kappa shape index (κ3) is 1.68. The first-order valence-corrected chi connectivity index (χ1v) is 6.92. The van der Waals surface area contributed by atoms with Crippen molar-refractivity contribution in [2.24, 2.45) is 0 Å². The van der Waals surface area contributed by atoms with Gasteiger partial charge in [-0.15, -0.1) is 11.3 Å². The summed E-state index contributed by atoms with van der Waals surface area (Å²) >= 11 is 1.64. The first-order valence-electron chi connectivity index (χ1n) is 6.04. The molecule has 3 N–H and O–H groups in total. The van der Waals surface area contributed by atoms with Gasteiger partial charge in [-0.3, -0.25) is 5.10 Å². The Labute approximate surface area is 117 Å². The molecule has 0 atom stereocenters. The van der Waals surface area contributed by atoms with Gasteiger partial charge in [0.25, 0.3) is 0 Å². The quantitative estimate of drug-likeness (QED) is 0.540. The minimum atomic E-state index is 0.822. The lowest BCUT2D eigenvalue weighted by Gasteiger charge is -2.02. The van der Waals surface area contributed by atoms with Gasteiger partial charge in [0.15, 0.2) is 0 Å². The van der Waals surface area contributed by atoms with Gasteiger partial charge >= 0.3 is 0 Å². The normalized spacial score (nSPS) is 11.0. The fourth-order valence-corrected chi connectivity index (χ4v) is 3.19. The van der Waals surface area contributed by atoms with E-state index in [4.69, 9.17) is 0 Å². The summed E-state index contributed by atoms with van der Waals surface area (Å²) in [5.41, 5.74) is 3.03. The van der Waals surface area contributed by atoms with Crippen LogP contribution in [0.3, 0.4) is 0 Å². The lowest BCUT2D eigenvalue weighted by molar-refractivity contribution is 1.10. The topological polar surface area (TPSA) is 86.0 Å². The van der Waals surface area contributed by atoms with Gasteiger partial charge in [0.2, 0.25) is 0 Å². The molecule has 0 radical (unpaired) electrons. The van der Waals surface area contributed by atoms with E-state index < -0.39 is 0 Å². The Morgan fingerprint density at radius 1 is 0.950 bits per heavy atom. The van der Waals surface area contributed by atoms with Crippen LogP contribution in [0, 0.1) is 0 Å². The Bertz CT molecular complexity index is 744. The van der Waals surface area contributed by atoms with E-state index in [1.165, 1.54) is 0 Å². The zero-order valence-corrected chi connectivity index (χ0v) is 11.1. The van der Waals surface area contributed by atoms with Crippen LogP contribution in [0.15, 0.2) is 42.4 Å². The van der Waals surface area contributed by atoms with E-state index >= 15 is 0 Å². The second-order valence-electron chi connectivity index (χ2n) is 4.20. The van der Waals surface area contributed by atoms with Gasteiger partial charge in [-0.05, 0) is 6.07 Å². The number of aromatic nitrogens is 6. The monoisotopic (exact) mass is 282 g/mol. The average Bonchev–Trinajstić information content (AvgIpc) is 3.23. The Kier molecular flexibility index (Phi) is 2.49. The van der Waals surface area contributed by atoms with Crippen LogP contribution >= 0.6 is 11.3 Å². The van der Waals surface area contributed by atoms with Gasteiger partial charge in [-0.25, -0.2) is 9.97 Å². The van der Waals surface area contributed by atoms with Gasteiger partial charge in [0, 0.05) is 47.5 Å². The maximum Gasteiger partial charge on any atom is 0.139 e. The molecule has 6 nitrogen and oxygen atoms in total. The fourth-order valence-electron chi connectivity index (χ4n) is 2.16. The molecule has 0 aliphatic carbocycles. The van der Waals surface area contributed by atoms with E-state index in [-0.39, 0.29) is 0 Å². The van der Waals surface area contributed by atoms with Crippen molar-refractivity contribution < 1.29 is 0 Å². The zero-order valence-electron chi connectivity index (χ0n) is 10.3. The first-order chi connectivity index (χ1) is 9.93. The van der Waals surface area contributed by atoms with Crippen LogP contribution in [0.4, 0.5) is 0 Å². The maximum atomic E-state index is 4.37. The van der Waals surface area contributed by atoms with E-state index in [9.17, 15) is 0 Å². The summed E-state index contributed by atoms with van der Waals surface area (Å²) in [6.45, 7) is 0. The van der Waals surface area contributed by atoms with E-state index in [1.54, 1.807) is 29.9 Å². The number of hydrogen-bond acceptors (Lipinski definition) is 4. The van der Waals surface area contributed by atoms with Crippen LogP contribution in [0.5, 0.6) is 0 Å². The second kappa shape index (κ2) is 4.46. The molecule has 0 aliphatic heterocycles. The second-order valence-corrected chi connectivity index (χ2v) is 5.08. The summed E-state index contributed by atoms with van der Waals surface area (Å²) in [5.74, 6) is 1.65. The number of H-pyrrole nitrogens is 3. The number of rotatable bonds is 3. The van der Waals surface area contributed by atoms with E-state index in [1.807, 2.05) is 18.5 Å². The molecule has 0 spiro atoms. The zero-order chi connectivity index (χ0) is 13.4. The van der Waals surface area contributed by atoms with Crippen molar-refractivity contribution in [2.75, 3.05) is 0 Å². The van der Waals surface area contributed by atoms with Gasteiger partial charge in [0.05, 0.1) is 10.6 Å². The van der Waals surface area contributed by atoms with Crippen molar-refractivity contribution in [3.63, 3.8) is 0 Å². The van der Waals surface area contributed by atoms with Crippen molar-refractivity contribution in [1.29, 1.82) is 0 Å². The molecule has 4 heterocycles. The van der Waals surface area contributed by atoms with Crippen molar-refractivity contribution in [3.05, 3.63) is 42.4 Å². The van der Waals surface area contributed by atoms with Crippen LogP contribution in [0.2, 0.25) is 0 Å². The third-order valence-electron chi connectivity index (χ3n) is 3.02. The molecule has 4 aromatic heterocycles. The van der Waals surface area contributed by atoms with E-state index in [0.717, 1.165) is 33.3 Å². The standard InChI is InChI=1S/C13H10N6S/c1-2-18-19-9(1)11-10(13-16-5-6-17-13)8(7-20-11)12-14-3-4-15-12/h1-7H,(H,14,15)(H,16,17)(H,18,19). The Morgan fingerprint density at radius 3 is 2.40 bits per heavy atom.